The van der Waals surface area contributed by atoms with Gasteiger partial charge in [0.15, 0.2) is 0 Å². The zero-order valence-corrected chi connectivity index (χ0v) is 46.6. The Morgan fingerprint density at radius 3 is 0.771 bits per heavy atom. The van der Waals surface area contributed by atoms with Crippen LogP contribution in [-0.2, 0) is 14.1 Å². The van der Waals surface area contributed by atoms with Crippen LogP contribution in [0, 0.1) is 0 Å². The van der Waals surface area contributed by atoms with E-state index in [1.54, 1.807) is 0 Å². The minimum atomic E-state index is 0.912. The zero-order valence-electron chi connectivity index (χ0n) is 46.6. The summed E-state index contributed by atoms with van der Waals surface area (Å²) in [4.78, 5) is 25.0. The molecule has 0 saturated heterocycles. The maximum absolute atomic E-state index is 5.19. The minimum Gasteiger partial charge on any atom is -0.341 e. The van der Waals surface area contributed by atoms with Crippen LogP contribution in [0.3, 0.4) is 0 Å². The van der Waals surface area contributed by atoms with Crippen molar-refractivity contribution in [2.24, 2.45) is 14.1 Å². The molecule has 0 aliphatic carbocycles. The Bertz CT molecular complexity index is 4360. The molecule has 398 valence electrons. The van der Waals surface area contributed by atoms with Crippen LogP contribution < -0.4 is 29.4 Å². The van der Waals surface area contributed by atoms with E-state index in [1.807, 2.05) is 0 Å². The number of hydrogen-bond acceptors (Lipinski definition) is 8. The third-order valence-corrected chi connectivity index (χ3v) is 17.3. The Morgan fingerprint density at radius 1 is 0.241 bits per heavy atom. The lowest BCUT2D eigenvalue weighted by atomic mass is 9.89. The van der Waals surface area contributed by atoms with Crippen LogP contribution in [0.4, 0.5) is 85.3 Å². The number of anilines is 15. The van der Waals surface area contributed by atoms with E-state index in [-0.39, 0.29) is 0 Å². The highest BCUT2D eigenvalue weighted by Crippen LogP contribution is 2.66. The average Bonchev–Trinajstić information content (AvgIpc) is 3.70. The van der Waals surface area contributed by atoms with Crippen LogP contribution in [0.5, 0.6) is 0 Å². The molecule has 11 aromatic carbocycles. The van der Waals surface area contributed by atoms with Crippen LogP contribution in [-0.4, -0.2) is 40.2 Å². The quantitative estimate of drug-likeness (QED) is 0.156. The summed E-state index contributed by atoms with van der Waals surface area (Å²) in [5.41, 5.74) is 26.4. The van der Waals surface area contributed by atoms with Gasteiger partial charge < -0.3 is 38.5 Å². The largest absolute Gasteiger partial charge is 0.341 e. The molecule has 0 bridgehead atoms. The molecule has 83 heavy (non-hydrogen) atoms. The van der Waals surface area contributed by atoms with Gasteiger partial charge in [-0.2, -0.15) is 0 Å². The third-order valence-electron chi connectivity index (χ3n) is 17.3. The number of hydrogen-bond donors (Lipinski definition) is 0. The first-order chi connectivity index (χ1) is 40.8. The Morgan fingerprint density at radius 2 is 0.482 bits per heavy atom. The van der Waals surface area contributed by atoms with Crippen LogP contribution in [0.25, 0.3) is 67.1 Å². The van der Waals surface area contributed by atoms with Gasteiger partial charge in [0.25, 0.3) is 0 Å². The monoisotopic (exact) mass is 1070 g/mol. The summed E-state index contributed by atoms with van der Waals surface area (Å²) in [6.07, 6.45) is 0. The van der Waals surface area contributed by atoms with Crippen molar-refractivity contribution >= 4 is 107 Å². The van der Waals surface area contributed by atoms with Gasteiger partial charge in [0, 0.05) is 57.5 Å². The van der Waals surface area contributed by atoms with Crippen LogP contribution in [0.15, 0.2) is 249 Å². The highest BCUT2D eigenvalue weighted by molar-refractivity contribution is 6.17. The van der Waals surface area contributed by atoms with Crippen molar-refractivity contribution in [2.45, 2.75) is 0 Å². The molecular weight excluding hydrogens is 1020 g/mol. The predicted molar refractivity (Wildman–Crippen MR) is 345 cm³/mol. The second kappa shape index (κ2) is 18.6. The van der Waals surface area contributed by atoms with E-state index in [0.29, 0.717) is 0 Å². The molecule has 5 heterocycles. The number of benzene rings is 11. The normalized spacial score (nSPS) is 13.2. The van der Waals surface area contributed by atoms with Gasteiger partial charge in [0.2, 0.25) is 0 Å². The smallest absolute Gasteiger partial charge is 0.140 e. The Labute approximate surface area is 482 Å². The molecule has 0 spiro atoms. The third kappa shape index (κ3) is 7.22. The van der Waals surface area contributed by atoms with E-state index in [0.717, 1.165) is 152 Å². The summed E-state index contributed by atoms with van der Waals surface area (Å²) in [5, 5.41) is 0. The molecule has 16 rings (SSSR count). The molecule has 10 nitrogen and oxygen atoms in total. The number of imidazole rings is 2. The van der Waals surface area contributed by atoms with E-state index in [9.17, 15) is 0 Å². The van der Waals surface area contributed by atoms with Gasteiger partial charge in [0.05, 0.1) is 107 Å². The number of para-hydroxylation sites is 16. The number of aryl methyl sites for hydroxylation is 2. The topological polar surface area (TPSA) is 55.1 Å². The van der Waals surface area contributed by atoms with Crippen molar-refractivity contribution in [3.05, 3.63) is 249 Å². The van der Waals surface area contributed by atoms with E-state index in [2.05, 4.69) is 322 Å². The zero-order chi connectivity index (χ0) is 55.6. The van der Waals surface area contributed by atoms with Gasteiger partial charge in [-0.25, -0.2) is 9.97 Å². The number of nitrogens with zero attached hydrogens (tertiary/aromatic N) is 10. The summed E-state index contributed by atoms with van der Waals surface area (Å²) < 4.78 is 4.40. The standard InChI is InChI=1S/C73H56N10/c1-76-57-26-10-16-32-63(57)81(64-33-17-11-27-58(64)76)69-51(47-38-42-49(43-39-47)72-74-53-22-6-8-24-55(53)79(72)4)46-52(48-40-44-50(45-41-48)73-75-54-23-7-9-25-56(54)80(73)5)70(82-65-34-18-12-28-59(65)77(2)60-29-13-19-35-66(60)82)71(69)83-67-36-20-14-30-61(67)78(3)62-31-15-21-37-68(62)83/h6-46H,1-5H3. The van der Waals surface area contributed by atoms with Gasteiger partial charge in [-0.3, -0.25) is 0 Å². The lowest BCUT2D eigenvalue weighted by Gasteiger charge is -2.47. The maximum atomic E-state index is 5.19. The Balaban J connectivity index is 1.09. The van der Waals surface area contributed by atoms with E-state index >= 15 is 0 Å². The lowest BCUT2D eigenvalue weighted by molar-refractivity contribution is 0.959. The molecule has 0 radical (unpaired) electrons. The second-order valence-electron chi connectivity index (χ2n) is 21.8. The highest BCUT2D eigenvalue weighted by Gasteiger charge is 2.41. The number of rotatable bonds is 7. The van der Waals surface area contributed by atoms with E-state index in [1.165, 1.54) is 0 Å². The first kappa shape index (κ1) is 48.1. The van der Waals surface area contributed by atoms with Crippen LogP contribution in [0.1, 0.15) is 0 Å². The van der Waals surface area contributed by atoms with Gasteiger partial charge in [-0.05, 0) is 114 Å². The molecule has 3 aliphatic heterocycles. The fourth-order valence-corrected chi connectivity index (χ4v) is 13.3. The molecule has 3 aliphatic rings. The number of fused-ring (bicyclic) bond motifs is 8. The fraction of sp³-hybridized carbons (Fsp3) is 0.0685. The molecule has 0 atom stereocenters. The maximum Gasteiger partial charge on any atom is 0.140 e. The number of aromatic nitrogens is 4. The van der Waals surface area contributed by atoms with Crippen molar-refractivity contribution in [3.8, 4) is 45.0 Å². The van der Waals surface area contributed by atoms with Gasteiger partial charge in [0.1, 0.15) is 11.6 Å². The van der Waals surface area contributed by atoms with Crippen LogP contribution in [0.2, 0.25) is 0 Å². The predicted octanol–water partition coefficient (Wildman–Crippen LogP) is 18.8. The average molecular weight is 1070 g/mol. The van der Waals surface area contributed by atoms with Gasteiger partial charge in [-0.1, -0.05) is 146 Å². The lowest BCUT2D eigenvalue weighted by Crippen LogP contribution is -2.30. The summed E-state index contributed by atoms with van der Waals surface area (Å²) in [7, 11) is 10.8. The minimum absolute atomic E-state index is 0.912. The van der Waals surface area contributed by atoms with Gasteiger partial charge in [-0.15, -0.1) is 0 Å². The molecule has 2 aromatic heterocycles. The molecule has 10 heteroatoms. The van der Waals surface area contributed by atoms with E-state index < -0.39 is 0 Å². The fourth-order valence-electron chi connectivity index (χ4n) is 13.3. The van der Waals surface area contributed by atoms with Crippen molar-refractivity contribution in [2.75, 3.05) is 50.5 Å². The van der Waals surface area contributed by atoms with Gasteiger partial charge >= 0.3 is 0 Å². The van der Waals surface area contributed by atoms with E-state index in [4.69, 9.17) is 9.97 Å². The first-order valence-electron chi connectivity index (χ1n) is 28.2. The molecule has 0 amide bonds. The summed E-state index contributed by atoms with van der Waals surface area (Å²) >= 11 is 0. The molecule has 0 fully saturated rings. The summed E-state index contributed by atoms with van der Waals surface area (Å²) in [6.45, 7) is 0. The molecular formula is C73H56N10. The molecule has 0 saturated carbocycles. The molecule has 13 aromatic rings. The summed E-state index contributed by atoms with van der Waals surface area (Å²) in [5.74, 6) is 1.82. The van der Waals surface area contributed by atoms with Crippen molar-refractivity contribution in [1.29, 1.82) is 0 Å². The van der Waals surface area contributed by atoms with Crippen LogP contribution >= 0.6 is 0 Å². The summed E-state index contributed by atoms with van der Waals surface area (Å²) in [6, 6.07) is 90.6. The highest BCUT2D eigenvalue weighted by atomic mass is 15.3. The Hall–Kier alpha value is -10.8. The SMILES string of the molecule is CN1c2ccccc2N(c2c(-c3ccc(-c4nc5ccccc5n4C)cc3)cc(-c3ccc(-c4nc5ccccc5n4C)cc3)c(N3c4ccccc4N(C)c4ccccc43)c2N2c3ccccc3N(C)c3ccccc32)c2ccccc21. The van der Waals surface area contributed by atoms with Crippen molar-refractivity contribution in [1.82, 2.24) is 19.1 Å². The van der Waals surface area contributed by atoms with Crippen molar-refractivity contribution < 1.29 is 0 Å². The first-order valence-corrected chi connectivity index (χ1v) is 28.2. The van der Waals surface area contributed by atoms with Crippen molar-refractivity contribution in [3.63, 3.8) is 0 Å². The second-order valence-corrected chi connectivity index (χ2v) is 21.8. The Kier molecular flexibility index (Phi) is 10.8. The molecule has 0 N–H and O–H groups in total. The molecule has 0 unspecified atom stereocenters.